The van der Waals surface area contributed by atoms with Crippen molar-refractivity contribution in [1.29, 1.82) is 0 Å². The topological polar surface area (TPSA) is 62.7 Å². The van der Waals surface area contributed by atoms with Crippen molar-refractivity contribution in [3.8, 4) is 0 Å². The van der Waals surface area contributed by atoms with Gasteiger partial charge in [-0.1, -0.05) is 12.1 Å². The van der Waals surface area contributed by atoms with Gasteiger partial charge in [-0.15, -0.1) is 5.10 Å². The Bertz CT molecular complexity index is 764. The van der Waals surface area contributed by atoms with Crippen LogP contribution in [0.15, 0.2) is 42.6 Å². The number of aromatic nitrogens is 3. The van der Waals surface area contributed by atoms with Crippen molar-refractivity contribution in [3.63, 3.8) is 0 Å². The lowest BCUT2D eigenvalue weighted by molar-refractivity contribution is 0.982. The Morgan fingerprint density at radius 3 is 1.71 bits per heavy atom. The summed E-state index contributed by atoms with van der Waals surface area (Å²) < 4.78 is 0. The van der Waals surface area contributed by atoms with E-state index in [-0.39, 0.29) is 0 Å². The van der Waals surface area contributed by atoms with E-state index in [1.807, 2.05) is 0 Å². The number of aryl methyl sites for hydroxylation is 4. The van der Waals surface area contributed by atoms with Gasteiger partial charge < -0.3 is 10.6 Å². The van der Waals surface area contributed by atoms with E-state index in [1.54, 1.807) is 6.20 Å². The van der Waals surface area contributed by atoms with Crippen LogP contribution < -0.4 is 10.6 Å². The van der Waals surface area contributed by atoms with Gasteiger partial charge in [-0.3, -0.25) is 0 Å². The van der Waals surface area contributed by atoms with Gasteiger partial charge in [-0.25, -0.2) is 0 Å². The number of rotatable bonds is 4. The second-order valence-electron chi connectivity index (χ2n) is 6.17. The lowest BCUT2D eigenvalue weighted by Gasteiger charge is -2.10. The zero-order valence-electron chi connectivity index (χ0n) is 14.4. The Morgan fingerprint density at radius 2 is 1.17 bits per heavy atom. The van der Waals surface area contributed by atoms with Gasteiger partial charge in [-0.05, 0) is 74.2 Å². The molecular formula is C19H21N5. The number of benzene rings is 2. The van der Waals surface area contributed by atoms with Crippen LogP contribution >= 0.6 is 0 Å². The number of anilines is 4. The Morgan fingerprint density at radius 1 is 0.667 bits per heavy atom. The Balaban J connectivity index is 1.81. The van der Waals surface area contributed by atoms with E-state index in [0.29, 0.717) is 11.8 Å². The molecule has 0 fully saturated rings. The molecule has 0 radical (unpaired) electrons. The van der Waals surface area contributed by atoms with E-state index in [9.17, 15) is 0 Å². The summed E-state index contributed by atoms with van der Waals surface area (Å²) >= 11 is 0. The van der Waals surface area contributed by atoms with Crippen molar-refractivity contribution in [2.75, 3.05) is 10.6 Å². The highest BCUT2D eigenvalue weighted by Gasteiger charge is 2.04. The summed E-state index contributed by atoms with van der Waals surface area (Å²) in [6.07, 6.45) is 1.62. The predicted octanol–water partition coefficient (Wildman–Crippen LogP) is 4.59. The standard InChI is InChI=1S/C19H21N5/c1-12-5-13(2)8-16(7-12)21-18-11-20-24-19(23-18)22-17-9-14(3)6-15(4)10-17/h5-11H,1-4H3,(H2,21,22,23,24). The molecule has 0 saturated heterocycles. The van der Waals surface area contributed by atoms with Crippen LogP contribution in [0.4, 0.5) is 23.1 Å². The predicted molar refractivity (Wildman–Crippen MR) is 98.2 cm³/mol. The van der Waals surface area contributed by atoms with Crippen molar-refractivity contribution in [2.24, 2.45) is 0 Å². The summed E-state index contributed by atoms with van der Waals surface area (Å²) in [7, 11) is 0. The quantitative estimate of drug-likeness (QED) is 0.736. The van der Waals surface area contributed by atoms with Crippen LogP contribution in [0.2, 0.25) is 0 Å². The van der Waals surface area contributed by atoms with Crippen LogP contribution in [-0.2, 0) is 0 Å². The van der Waals surface area contributed by atoms with Crippen LogP contribution in [0.25, 0.3) is 0 Å². The fourth-order valence-corrected chi connectivity index (χ4v) is 2.79. The molecule has 0 atom stereocenters. The molecule has 0 bridgehead atoms. The molecular weight excluding hydrogens is 298 g/mol. The molecule has 3 rings (SSSR count). The SMILES string of the molecule is Cc1cc(C)cc(Nc2cnnc(Nc3cc(C)cc(C)c3)n2)c1. The van der Waals surface area contributed by atoms with Crippen molar-refractivity contribution in [2.45, 2.75) is 27.7 Å². The van der Waals surface area contributed by atoms with E-state index >= 15 is 0 Å². The molecule has 0 aliphatic rings. The van der Waals surface area contributed by atoms with Gasteiger partial charge >= 0.3 is 0 Å². The molecule has 1 aromatic heterocycles. The Hall–Kier alpha value is -2.95. The monoisotopic (exact) mass is 319 g/mol. The zero-order chi connectivity index (χ0) is 17.1. The lowest BCUT2D eigenvalue weighted by Crippen LogP contribution is -2.03. The molecule has 0 aliphatic carbocycles. The first-order valence-electron chi connectivity index (χ1n) is 7.88. The van der Waals surface area contributed by atoms with Crippen molar-refractivity contribution >= 4 is 23.1 Å². The molecule has 3 aromatic rings. The summed E-state index contributed by atoms with van der Waals surface area (Å²) in [5, 5.41) is 14.6. The molecule has 5 heteroatoms. The number of hydrogen-bond acceptors (Lipinski definition) is 5. The van der Waals surface area contributed by atoms with Gasteiger partial charge in [0.15, 0.2) is 5.82 Å². The van der Waals surface area contributed by atoms with E-state index in [4.69, 9.17) is 0 Å². The highest BCUT2D eigenvalue weighted by Crippen LogP contribution is 2.20. The number of nitrogens with one attached hydrogen (secondary N) is 2. The highest BCUT2D eigenvalue weighted by atomic mass is 15.3. The minimum Gasteiger partial charge on any atom is -0.339 e. The van der Waals surface area contributed by atoms with Gasteiger partial charge in [0.1, 0.15) is 0 Å². The average molecular weight is 319 g/mol. The number of nitrogens with zero attached hydrogens (tertiary/aromatic N) is 3. The van der Waals surface area contributed by atoms with Gasteiger partial charge in [0.05, 0.1) is 6.20 Å². The van der Waals surface area contributed by atoms with E-state index in [0.717, 1.165) is 11.4 Å². The van der Waals surface area contributed by atoms with Gasteiger partial charge in [0.2, 0.25) is 5.95 Å². The van der Waals surface area contributed by atoms with Crippen molar-refractivity contribution in [3.05, 3.63) is 64.8 Å². The Kier molecular flexibility index (Phi) is 4.42. The van der Waals surface area contributed by atoms with Gasteiger partial charge in [0.25, 0.3) is 0 Å². The third-order valence-electron chi connectivity index (χ3n) is 3.53. The fraction of sp³-hybridized carbons (Fsp3) is 0.211. The smallest absolute Gasteiger partial charge is 0.249 e. The maximum atomic E-state index is 4.49. The minimum atomic E-state index is 0.467. The molecule has 0 unspecified atom stereocenters. The second kappa shape index (κ2) is 6.66. The van der Waals surface area contributed by atoms with E-state index in [1.165, 1.54) is 22.3 Å². The van der Waals surface area contributed by atoms with E-state index < -0.39 is 0 Å². The van der Waals surface area contributed by atoms with Crippen LogP contribution in [0.5, 0.6) is 0 Å². The first-order valence-corrected chi connectivity index (χ1v) is 7.88. The van der Waals surface area contributed by atoms with Crippen LogP contribution in [-0.4, -0.2) is 15.2 Å². The first-order chi connectivity index (χ1) is 11.5. The Labute approximate surface area is 142 Å². The average Bonchev–Trinajstić information content (AvgIpc) is 2.45. The molecule has 24 heavy (non-hydrogen) atoms. The summed E-state index contributed by atoms with van der Waals surface area (Å²) in [5.74, 6) is 1.12. The third-order valence-corrected chi connectivity index (χ3v) is 3.53. The summed E-state index contributed by atoms with van der Waals surface area (Å²) in [4.78, 5) is 4.49. The van der Waals surface area contributed by atoms with E-state index in [2.05, 4.69) is 89.9 Å². The lowest BCUT2D eigenvalue weighted by atomic mass is 10.1. The van der Waals surface area contributed by atoms with Gasteiger partial charge in [0, 0.05) is 11.4 Å². The van der Waals surface area contributed by atoms with Crippen LogP contribution in [0, 0.1) is 27.7 Å². The normalized spacial score (nSPS) is 10.5. The van der Waals surface area contributed by atoms with Crippen LogP contribution in [0.3, 0.4) is 0 Å². The summed E-state index contributed by atoms with van der Waals surface area (Å²) in [6.45, 7) is 8.28. The first kappa shape index (κ1) is 15.9. The summed E-state index contributed by atoms with van der Waals surface area (Å²) in [5.41, 5.74) is 6.73. The molecule has 5 nitrogen and oxygen atoms in total. The molecule has 2 aromatic carbocycles. The second-order valence-corrected chi connectivity index (χ2v) is 6.17. The fourth-order valence-electron chi connectivity index (χ4n) is 2.79. The molecule has 0 saturated carbocycles. The zero-order valence-corrected chi connectivity index (χ0v) is 14.4. The molecule has 0 aliphatic heterocycles. The van der Waals surface area contributed by atoms with Gasteiger partial charge in [-0.2, -0.15) is 10.1 Å². The molecule has 122 valence electrons. The van der Waals surface area contributed by atoms with Crippen LogP contribution in [0.1, 0.15) is 22.3 Å². The highest BCUT2D eigenvalue weighted by molar-refractivity contribution is 5.60. The van der Waals surface area contributed by atoms with Crippen molar-refractivity contribution in [1.82, 2.24) is 15.2 Å². The van der Waals surface area contributed by atoms with Crippen molar-refractivity contribution < 1.29 is 0 Å². The number of hydrogen-bond donors (Lipinski definition) is 2. The molecule has 2 N–H and O–H groups in total. The molecule has 0 amide bonds. The maximum Gasteiger partial charge on any atom is 0.249 e. The minimum absolute atomic E-state index is 0.467. The summed E-state index contributed by atoms with van der Waals surface area (Å²) in [6, 6.07) is 12.5. The molecule has 1 heterocycles. The maximum absolute atomic E-state index is 4.49. The molecule has 0 spiro atoms. The third kappa shape index (κ3) is 4.07. The largest absolute Gasteiger partial charge is 0.339 e.